The zero-order chi connectivity index (χ0) is 22.5. The molecular weight excluding hydrogens is 434 g/mol. The molecule has 166 valence electrons. The molecule has 1 fully saturated rings. The first-order valence-electron chi connectivity index (χ1n) is 10.2. The van der Waals surface area contributed by atoms with Crippen LogP contribution in [0.3, 0.4) is 0 Å². The second-order valence-corrected chi connectivity index (χ2v) is 7.94. The minimum Gasteiger partial charge on any atom is -0.486 e. The number of halogens is 1. The first-order chi connectivity index (χ1) is 15.5. The van der Waals surface area contributed by atoms with Gasteiger partial charge in [0.15, 0.2) is 5.76 Å². The number of benzene rings is 2. The third kappa shape index (κ3) is 5.46. The monoisotopic (exact) mass is 455 g/mol. The molecule has 0 spiro atoms. The molecule has 3 aromatic rings. The van der Waals surface area contributed by atoms with Gasteiger partial charge in [-0.3, -0.25) is 19.8 Å². The molecule has 32 heavy (non-hydrogen) atoms. The summed E-state index contributed by atoms with van der Waals surface area (Å²) in [5.41, 5.74) is 1.15. The van der Waals surface area contributed by atoms with Gasteiger partial charge in [0.1, 0.15) is 18.1 Å². The van der Waals surface area contributed by atoms with Crippen molar-refractivity contribution < 1.29 is 18.9 Å². The molecule has 1 amide bonds. The van der Waals surface area contributed by atoms with Crippen LogP contribution in [0.5, 0.6) is 5.75 Å². The number of ether oxygens (including phenoxy) is 1. The number of carbonyl (C=O) groups is 1. The highest BCUT2D eigenvalue weighted by Gasteiger charge is 2.24. The van der Waals surface area contributed by atoms with Crippen molar-refractivity contribution in [3.05, 3.63) is 92.9 Å². The topological polar surface area (TPSA) is 89.1 Å². The fraction of sp³-hybridized carbons (Fsp3) is 0.261. The summed E-state index contributed by atoms with van der Waals surface area (Å²) in [7, 11) is 0. The van der Waals surface area contributed by atoms with Gasteiger partial charge in [-0.2, -0.15) is 0 Å². The normalized spacial score (nSPS) is 14.3. The number of nitro benzene ring substituents is 1. The van der Waals surface area contributed by atoms with Crippen molar-refractivity contribution in [2.75, 3.05) is 26.2 Å². The number of piperazine rings is 1. The fourth-order valence-electron chi connectivity index (χ4n) is 3.55. The van der Waals surface area contributed by atoms with Crippen molar-refractivity contribution in [1.29, 1.82) is 0 Å². The fourth-order valence-corrected chi connectivity index (χ4v) is 3.76. The highest BCUT2D eigenvalue weighted by atomic mass is 35.5. The molecule has 1 aliphatic rings. The Balaban J connectivity index is 1.27. The lowest BCUT2D eigenvalue weighted by atomic mass is 10.2. The van der Waals surface area contributed by atoms with Gasteiger partial charge < -0.3 is 14.1 Å². The zero-order valence-electron chi connectivity index (χ0n) is 17.3. The van der Waals surface area contributed by atoms with Gasteiger partial charge in [-0.15, -0.1) is 0 Å². The van der Waals surface area contributed by atoms with Crippen LogP contribution >= 0.6 is 11.6 Å². The Bertz CT molecular complexity index is 1090. The lowest BCUT2D eigenvalue weighted by Crippen LogP contribution is -2.48. The van der Waals surface area contributed by atoms with Gasteiger partial charge >= 0.3 is 0 Å². The summed E-state index contributed by atoms with van der Waals surface area (Å²) < 4.78 is 11.3. The maximum absolute atomic E-state index is 12.8. The number of hydrogen-bond acceptors (Lipinski definition) is 6. The molecule has 0 aliphatic carbocycles. The summed E-state index contributed by atoms with van der Waals surface area (Å²) in [6.07, 6.45) is 0. The third-order valence-corrected chi connectivity index (χ3v) is 5.49. The Labute approximate surface area is 190 Å². The SMILES string of the molecule is O=C(c1ccc(COc2ccc([N+](=O)[O-])cc2)o1)N1CCN(Cc2cccc(Cl)c2)CC1. The Morgan fingerprint density at radius 3 is 2.50 bits per heavy atom. The number of hydrogen-bond donors (Lipinski definition) is 0. The summed E-state index contributed by atoms with van der Waals surface area (Å²) in [5.74, 6) is 1.12. The molecule has 1 aliphatic heterocycles. The van der Waals surface area contributed by atoms with E-state index in [-0.39, 0.29) is 24.0 Å². The Kier molecular flexibility index (Phi) is 6.72. The van der Waals surface area contributed by atoms with Crippen LogP contribution in [0, 0.1) is 10.1 Å². The first-order valence-corrected chi connectivity index (χ1v) is 10.6. The molecule has 0 radical (unpaired) electrons. The van der Waals surface area contributed by atoms with Crippen LogP contribution in [0.2, 0.25) is 5.02 Å². The summed E-state index contributed by atoms with van der Waals surface area (Å²) in [6, 6.07) is 17.0. The van der Waals surface area contributed by atoms with E-state index in [0.29, 0.717) is 24.6 Å². The van der Waals surface area contributed by atoms with Crippen LogP contribution in [0.25, 0.3) is 0 Å². The largest absolute Gasteiger partial charge is 0.486 e. The van der Waals surface area contributed by atoms with E-state index >= 15 is 0 Å². The van der Waals surface area contributed by atoms with Gasteiger partial charge in [0.25, 0.3) is 11.6 Å². The number of nitrogens with zero attached hydrogens (tertiary/aromatic N) is 3. The second-order valence-electron chi connectivity index (χ2n) is 7.50. The molecule has 2 aromatic carbocycles. The van der Waals surface area contributed by atoms with E-state index < -0.39 is 4.92 Å². The Morgan fingerprint density at radius 2 is 1.81 bits per heavy atom. The number of amides is 1. The third-order valence-electron chi connectivity index (χ3n) is 5.26. The van der Waals surface area contributed by atoms with Gasteiger partial charge in [0.2, 0.25) is 0 Å². The molecule has 9 heteroatoms. The molecule has 0 atom stereocenters. The summed E-state index contributed by atoms with van der Waals surface area (Å²) >= 11 is 6.06. The molecule has 4 rings (SSSR count). The van der Waals surface area contributed by atoms with Crippen molar-refractivity contribution in [3.8, 4) is 5.75 Å². The van der Waals surface area contributed by atoms with Crippen LogP contribution in [0.1, 0.15) is 21.9 Å². The number of furan rings is 1. The maximum Gasteiger partial charge on any atom is 0.289 e. The van der Waals surface area contributed by atoms with Gasteiger partial charge in [-0.25, -0.2) is 0 Å². The summed E-state index contributed by atoms with van der Waals surface area (Å²) in [4.78, 5) is 27.1. The van der Waals surface area contributed by atoms with Crippen molar-refractivity contribution >= 4 is 23.2 Å². The predicted octanol–water partition coefficient (Wildman–Crippen LogP) is 4.38. The average molecular weight is 456 g/mol. The van der Waals surface area contributed by atoms with Crippen molar-refractivity contribution in [1.82, 2.24) is 9.80 Å². The average Bonchev–Trinajstić information content (AvgIpc) is 3.27. The predicted molar refractivity (Wildman–Crippen MR) is 119 cm³/mol. The van der Waals surface area contributed by atoms with E-state index in [4.69, 9.17) is 20.8 Å². The van der Waals surface area contributed by atoms with E-state index in [1.807, 2.05) is 24.3 Å². The van der Waals surface area contributed by atoms with Crippen molar-refractivity contribution in [2.24, 2.45) is 0 Å². The van der Waals surface area contributed by atoms with Gasteiger partial charge in [0, 0.05) is 49.9 Å². The molecule has 1 aromatic heterocycles. The highest BCUT2D eigenvalue weighted by Crippen LogP contribution is 2.20. The lowest BCUT2D eigenvalue weighted by molar-refractivity contribution is -0.384. The van der Waals surface area contributed by atoms with Gasteiger partial charge in [0.05, 0.1) is 4.92 Å². The molecular formula is C23H22ClN3O5. The zero-order valence-corrected chi connectivity index (χ0v) is 18.0. The maximum atomic E-state index is 12.8. The van der Waals surface area contributed by atoms with Crippen LogP contribution < -0.4 is 4.74 Å². The lowest BCUT2D eigenvalue weighted by Gasteiger charge is -2.34. The number of nitro groups is 1. The minimum atomic E-state index is -0.467. The smallest absolute Gasteiger partial charge is 0.289 e. The minimum absolute atomic E-state index is 0.00380. The molecule has 1 saturated heterocycles. The molecule has 0 unspecified atom stereocenters. The number of non-ortho nitro benzene ring substituents is 1. The van der Waals surface area contributed by atoms with Crippen LogP contribution in [0.4, 0.5) is 5.69 Å². The standard InChI is InChI=1S/C23H22ClN3O5/c24-18-3-1-2-17(14-18)15-25-10-12-26(13-11-25)23(28)22-9-8-21(32-22)16-31-20-6-4-19(5-7-20)27(29)30/h1-9,14H,10-13,15-16H2. The molecule has 0 N–H and O–H groups in total. The van der Waals surface area contributed by atoms with Gasteiger partial charge in [-0.05, 0) is 42.0 Å². The van der Waals surface area contributed by atoms with Crippen LogP contribution in [-0.4, -0.2) is 46.8 Å². The Morgan fingerprint density at radius 1 is 1.06 bits per heavy atom. The molecule has 2 heterocycles. The van der Waals surface area contributed by atoms with Gasteiger partial charge in [-0.1, -0.05) is 23.7 Å². The number of rotatable bonds is 7. The van der Waals surface area contributed by atoms with E-state index in [9.17, 15) is 14.9 Å². The van der Waals surface area contributed by atoms with E-state index in [1.165, 1.54) is 24.3 Å². The quantitative estimate of drug-likeness (QED) is 0.388. The molecule has 0 bridgehead atoms. The van der Waals surface area contributed by atoms with E-state index in [1.54, 1.807) is 17.0 Å². The van der Waals surface area contributed by atoms with E-state index in [2.05, 4.69) is 4.90 Å². The first kappa shape index (κ1) is 21.9. The summed E-state index contributed by atoms with van der Waals surface area (Å²) in [6.45, 7) is 3.71. The number of carbonyl (C=O) groups excluding carboxylic acids is 1. The van der Waals surface area contributed by atoms with Crippen molar-refractivity contribution in [3.63, 3.8) is 0 Å². The Hall–Kier alpha value is -3.36. The molecule has 0 saturated carbocycles. The van der Waals surface area contributed by atoms with Crippen LogP contribution in [0.15, 0.2) is 65.1 Å². The van der Waals surface area contributed by atoms with Crippen molar-refractivity contribution in [2.45, 2.75) is 13.2 Å². The highest BCUT2D eigenvalue weighted by molar-refractivity contribution is 6.30. The van der Waals surface area contributed by atoms with E-state index in [0.717, 1.165) is 30.2 Å². The second kappa shape index (κ2) is 9.84. The van der Waals surface area contributed by atoms with Crippen LogP contribution in [-0.2, 0) is 13.2 Å². The molecule has 8 nitrogen and oxygen atoms in total. The summed E-state index contributed by atoms with van der Waals surface area (Å²) in [5, 5.41) is 11.4.